The molecule has 0 atom stereocenters. The van der Waals surface area contributed by atoms with E-state index in [0.717, 1.165) is 5.56 Å². The molecule has 1 aromatic heterocycles. The molecular formula is C21H28N2O5. The number of rotatable bonds is 12. The fourth-order valence-corrected chi connectivity index (χ4v) is 2.80. The summed E-state index contributed by atoms with van der Waals surface area (Å²) in [5, 5.41) is 0. The Morgan fingerprint density at radius 3 is 2.36 bits per heavy atom. The van der Waals surface area contributed by atoms with Gasteiger partial charge in [0.25, 0.3) is 0 Å². The molecule has 0 aliphatic carbocycles. The number of nitrogens with zero attached hydrogens (tertiary/aromatic N) is 2. The Morgan fingerprint density at radius 2 is 1.71 bits per heavy atom. The number of furan rings is 1. The first-order chi connectivity index (χ1) is 13.6. The Morgan fingerprint density at radius 1 is 0.929 bits per heavy atom. The van der Waals surface area contributed by atoms with Gasteiger partial charge in [-0.25, -0.2) is 0 Å². The molecule has 0 saturated heterocycles. The lowest BCUT2D eigenvalue weighted by Crippen LogP contribution is -2.44. The zero-order valence-electron chi connectivity index (χ0n) is 16.5. The highest BCUT2D eigenvalue weighted by Gasteiger charge is 2.22. The van der Waals surface area contributed by atoms with Crippen LogP contribution in [0.1, 0.15) is 17.7 Å². The zero-order valence-corrected chi connectivity index (χ0v) is 16.5. The molecule has 0 spiro atoms. The number of methoxy groups -OCH3 is 2. The molecule has 0 saturated carbocycles. The predicted molar refractivity (Wildman–Crippen MR) is 104 cm³/mol. The minimum atomic E-state index is -0.218. The Bertz CT molecular complexity index is 703. The third kappa shape index (κ3) is 7.17. The number of hydrogen-bond donors (Lipinski definition) is 0. The second-order valence-electron chi connectivity index (χ2n) is 6.41. The maximum absolute atomic E-state index is 13.0. The molecule has 7 heteroatoms. The quantitative estimate of drug-likeness (QED) is 0.522. The Kier molecular flexibility index (Phi) is 9.24. The molecule has 28 heavy (non-hydrogen) atoms. The largest absolute Gasteiger partial charge is 0.467 e. The molecule has 2 rings (SSSR count). The van der Waals surface area contributed by atoms with Crippen molar-refractivity contribution in [1.82, 2.24) is 9.80 Å². The van der Waals surface area contributed by atoms with Crippen LogP contribution < -0.4 is 0 Å². The third-order valence-corrected chi connectivity index (χ3v) is 4.22. The fraction of sp³-hybridized carbons (Fsp3) is 0.429. The third-order valence-electron chi connectivity index (χ3n) is 4.22. The van der Waals surface area contributed by atoms with Crippen molar-refractivity contribution in [1.29, 1.82) is 0 Å². The van der Waals surface area contributed by atoms with Crippen LogP contribution in [0.2, 0.25) is 0 Å². The molecule has 0 fully saturated rings. The van der Waals surface area contributed by atoms with Crippen LogP contribution >= 0.6 is 0 Å². The summed E-state index contributed by atoms with van der Waals surface area (Å²) >= 11 is 0. The van der Waals surface area contributed by atoms with Crippen LogP contribution in [0.25, 0.3) is 0 Å². The van der Waals surface area contributed by atoms with Crippen molar-refractivity contribution >= 4 is 11.8 Å². The number of hydrogen-bond acceptors (Lipinski definition) is 5. The van der Waals surface area contributed by atoms with Crippen LogP contribution in [0.3, 0.4) is 0 Å². The van der Waals surface area contributed by atoms with Crippen molar-refractivity contribution < 1.29 is 23.5 Å². The Labute approximate surface area is 165 Å². The van der Waals surface area contributed by atoms with Crippen molar-refractivity contribution in [3.05, 3.63) is 60.1 Å². The molecule has 1 heterocycles. The van der Waals surface area contributed by atoms with Crippen molar-refractivity contribution in [2.75, 3.05) is 40.5 Å². The average molecular weight is 388 g/mol. The van der Waals surface area contributed by atoms with Crippen molar-refractivity contribution in [3.63, 3.8) is 0 Å². The summed E-state index contributed by atoms with van der Waals surface area (Å²) in [6.07, 6.45) is 2.23. The standard InChI is InChI=1S/C21H28N2O5/c1-26-12-7-11-22(21(25)17-27-2)16-20(24)23(15-19-10-6-13-28-19)14-18-8-4-3-5-9-18/h3-6,8-10,13H,7,11-12,14-17H2,1-2H3. The lowest BCUT2D eigenvalue weighted by molar-refractivity contribution is -0.143. The molecule has 0 radical (unpaired) electrons. The highest BCUT2D eigenvalue weighted by Crippen LogP contribution is 2.12. The Hall–Kier alpha value is -2.64. The number of carbonyl (C=O) groups excluding carboxylic acids is 2. The van der Waals surface area contributed by atoms with Crippen LogP contribution in [0.15, 0.2) is 53.1 Å². The van der Waals surface area contributed by atoms with Gasteiger partial charge in [-0.1, -0.05) is 30.3 Å². The van der Waals surface area contributed by atoms with Gasteiger partial charge >= 0.3 is 0 Å². The van der Waals surface area contributed by atoms with Crippen molar-refractivity contribution in [2.24, 2.45) is 0 Å². The monoisotopic (exact) mass is 388 g/mol. The van der Waals surface area contributed by atoms with Gasteiger partial charge in [-0.15, -0.1) is 0 Å². The van der Waals surface area contributed by atoms with Gasteiger partial charge in [-0.3, -0.25) is 9.59 Å². The van der Waals surface area contributed by atoms with Gasteiger partial charge in [0, 0.05) is 33.9 Å². The number of ether oxygens (including phenoxy) is 2. The van der Waals surface area contributed by atoms with Gasteiger partial charge < -0.3 is 23.7 Å². The average Bonchev–Trinajstić information content (AvgIpc) is 3.21. The maximum atomic E-state index is 13.0. The highest BCUT2D eigenvalue weighted by molar-refractivity contribution is 5.85. The summed E-state index contributed by atoms with van der Waals surface area (Å²) < 4.78 is 15.4. The first-order valence-electron chi connectivity index (χ1n) is 9.23. The van der Waals surface area contributed by atoms with Crippen LogP contribution in [-0.2, 0) is 32.2 Å². The second kappa shape index (κ2) is 11.9. The second-order valence-corrected chi connectivity index (χ2v) is 6.41. The van der Waals surface area contributed by atoms with E-state index in [1.807, 2.05) is 36.4 Å². The minimum absolute atomic E-state index is 0.0144. The summed E-state index contributed by atoms with van der Waals surface area (Å²) in [5.74, 6) is 0.324. The first kappa shape index (κ1) is 21.7. The van der Waals surface area contributed by atoms with Gasteiger partial charge in [0.2, 0.25) is 11.8 Å². The van der Waals surface area contributed by atoms with Gasteiger partial charge in [0.1, 0.15) is 12.4 Å². The SMILES string of the molecule is COCCCN(CC(=O)N(Cc1ccccc1)Cc1ccco1)C(=O)COC. The van der Waals surface area contributed by atoms with Crippen LogP contribution in [0.5, 0.6) is 0 Å². The van der Waals surface area contributed by atoms with E-state index in [-0.39, 0.29) is 25.0 Å². The van der Waals surface area contributed by atoms with Gasteiger partial charge in [-0.2, -0.15) is 0 Å². The molecule has 2 aromatic rings. The van der Waals surface area contributed by atoms with Gasteiger partial charge in [0.05, 0.1) is 19.4 Å². The predicted octanol–water partition coefficient (Wildman–Crippen LogP) is 2.32. The molecule has 7 nitrogen and oxygen atoms in total. The van der Waals surface area contributed by atoms with E-state index < -0.39 is 0 Å². The topological polar surface area (TPSA) is 72.2 Å². The van der Waals surface area contributed by atoms with Crippen LogP contribution in [0, 0.1) is 0 Å². The van der Waals surface area contributed by atoms with E-state index in [2.05, 4.69) is 0 Å². The molecular weight excluding hydrogens is 360 g/mol. The molecule has 152 valence electrons. The van der Waals surface area contributed by atoms with E-state index in [1.165, 1.54) is 12.0 Å². The lowest BCUT2D eigenvalue weighted by Gasteiger charge is -2.27. The van der Waals surface area contributed by atoms with E-state index >= 15 is 0 Å². The number of benzene rings is 1. The van der Waals surface area contributed by atoms with Gasteiger partial charge in [-0.05, 0) is 24.1 Å². The molecule has 0 bridgehead atoms. The lowest BCUT2D eigenvalue weighted by atomic mass is 10.2. The normalized spacial score (nSPS) is 10.6. The molecule has 1 aromatic carbocycles. The van der Waals surface area contributed by atoms with E-state index in [1.54, 1.807) is 24.3 Å². The summed E-state index contributed by atoms with van der Waals surface area (Å²) in [5.41, 5.74) is 1.01. The van der Waals surface area contributed by atoms with Gasteiger partial charge in [0.15, 0.2) is 0 Å². The minimum Gasteiger partial charge on any atom is -0.467 e. The van der Waals surface area contributed by atoms with E-state index in [4.69, 9.17) is 13.9 Å². The number of amides is 2. The van der Waals surface area contributed by atoms with Crippen LogP contribution in [0.4, 0.5) is 0 Å². The molecule has 2 amide bonds. The van der Waals surface area contributed by atoms with Crippen molar-refractivity contribution in [2.45, 2.75) is 19.5 Å². The number of carbonyl (C=O) groups is 2. The molecule has 0 N–H and O–H groups in total. The van der Waals surface area contributed by atoms with Crippen molar-refractivity contribution in [3.8, 4) is 0 Å². The first-order valence-corrected chi connectivity index (χ1v) is 9.23. The Balaban J connectivity index is 2.09. The molecule has 0 aliphatic heterocycles. The summed E-state index contributed by atoms with van der Waals surface area (Å²) in [7, 11) is 3.07. The highest BCUT2D eigenvalue weighted by atomic mass is 16.5. The summed E-state index contributed by atoms with van der Waals surface area (Å²) in [4.78, 5) is 28.6. The molecule has 0 unspecified atom stereocenters. The summed E-state index contributed by atoms with van der Waals surface area (Å²) in [6, 6.07) is 13.4. The smallest absolute Gasteiger partial charge is 0.249 e. The molecule has 0 aliphatic rings. The maximum Gasteiger partial charge on any atom is 0.249 e. The fourth-order valence-electron chi connectivity index (χ4n) is 2.80. The van der Waals surface area contributed by atoms with E-state index in [9.17, 15) is 9.59 Å². The van der Waals surface area contributed by atoms with E-state index in [0.29, 0.717) is 38.4 Å². The summed E-state index contributed by atoms with van der Waals surface area (Å²) in [6.45, 7) is 1.65. The zero-order chi connectivity index (χ0) is 20.2. The van der Waals surface area contributed by atoms with Crippen LogP contribution in [-0.4, -0.2) is 62.1 Å².